The van der Waals surface area contributed by atoms with Gasteiger partial charge >= 0.3 is 0 Å². The molecular weight excluding hydrogens is 332 g/mol. The Morgan fingerprint density at radius 1 is 1.08 bits per heavy atom. The molecule has 1 aliphatic rings. The van der Waals surface area contributed by atoms with E-state index >= 15 is 0 Å². The van der Waals surface area contributed by atoms with Crippen LogP contribution in [0.1, 0.15) is 34.6 Å². The molecule has 2 heterocycles. The van der Waals surface area contributed by atoms with E-state index < -0.39 is 11.0 Å². The zero-order chi connectivity index (χ0) is 18.6. The highest BCUT2D eigenvalue weighted by atomic mass is 16.6. The van der Waals surface area contributed by atoms with Crippen molar-refractivity contribution in [1.82, 2.24) is 4.57 Å². The molecule has 1 aliphatic heterocycles. The van der Waals surface area contributed by atoms with Crippen molar-refractivity contribution < 1.29 is 14.8 Å². The number of nitro groups is 1. The normalized spacial score (nSPS) is 14.8. The summed E-state index contributed by atoms with van der Waals surface area (Å²) in [4.78, 5) is 23.3. The first-order valence-corrected chi connectivity index (χ1v) is 8.19. The van der Waals surface area contributed by atoms with Crippen molar-refractivity contribution in [3.63, 3.8) is 0 Å². The summed E-state index contributed by atoms with van der Waals surface area (Å²) >= 11 is 0. The van der Waals surface area contributed by atoms with Crippen molar-refractivity contribution in [2.45, 2.75) is 20.0 Å². The Bertz CT molecular complexity index is 1110. The first kappa shape index (κ1) is 16.2. The summed E-state index contributed by atoms with van der Waals surface area (Å²) in [6.07, 6.45) is -1.14. The number of hydrogen-bond acceptors (Lipinski definition) is 4. The molecule has 2 aromatic carbocycles. The predicted octanol–water partition coefficient (Wildman–Crippen LogP) is 4.02. The number of non-ortho nitro benzene ring substituents is 1. The second kappa shape index (κ2) is 5.64. The van der Waals surface area contributed by atoms with Crippen molar-refractivity contribution in [3.8, 4) is 0 Å². The van der Waals surface area contributed by atoms with Crippen molar-refractivity contribution >= 4 is 28.1 Å². The van der Waals surface area contributed by atoms with Crippen molar-refractivity contribution in [1.29, 1.82) is 0 Å². The maximum absolute atomic E-state index is 13.0. The topological polar surface area (TPSA) is 85.4 Å². The molecule has 4 rings (SSSR count). The first-order chi connectivity index (χ1) is 12.4. The molecule has 0 saturated carbocycles. The third-order valence-electron chi connectivity index (χ3n) is 4.87. The highest BCUT2D eigenvalue weighted by molar-refractivity contribution is 6.14. The van der Waals surface area contributed by atoms with Gasteiger partial charge in [0.2, 0.25) is 0 Å². The van der Waals surface area contributed by atoms with Crippen molar-refractivity contribution in [3.05, 3.63) is 81.0 Å². The Labute approximate surface area is 149 Å². The fourth-order valence-electron chi connectivity index (χ4n) is 3.52. The summed E-state index contributed by atoms with van der Waals surface area (Å²) in [5, 5.41) is 22.5. The molecule has 1 unspecified atom stereocenters. The van der Waals surface area contributed by atoms with Crippen LogP contribution in [-0.4, -0.2) is 20.5 Å². The number of allylic oxidation sites excluding steroid dienone is 1. The van der Waals surface area contributed by atoms with Crippen LogP contribution in [0.2, 0.25) is 0 Å². The smallest absolute Gasteiger partial charge is 0.269 e. The van der Waals surface area contributed by atoms with Gasteiger partial charge in [-0.3, -0.25) is 19.5 Å². The number of nitrogens with zero attached hydrogens (tertiary/aromatic N) is 2. The van der Waals surface area contributed by atoms with Crippen LogP contribution in [0.15, 0.2) is 54.1 Å². The lowest BCUT2D eigenvalue weighted by atomic mass is 9.97. The number of hydrogen-bond donors (Lipinski definition) is 1. The molecule has 3 aromatic rings. The van der Waals surface area contributed by atoms with Gasteiger partial charge in [0.25, 0.3) is 11.6 Å². The van der Waals surface area contributed by atoms with Crippen LogP contribution in [0.25, 0.3) is 16.5 Å². The minimum atomic E-state index is -1.14. The number of rotatable bonds is 3. The predicted molar refractivity (Wildman–Crippen MR) is 98.0 cm³/mol. The lowest BCUT2D eigenvalue weighted by Crippen LogP contribution is -2.14. The average Bonchev–Trinajstić information content (AvgIpc) is 3.10. The van der Waals surface area contributed by atoms with Gasteiger partial charge in [-0.25, -0.2) is 0 Å². The zero-order valence-corrected chi connectivity index (χ0v) is 14.3. The number of carbonyl (C=O) groups is 1. The van der Waals surface area contributed by atoms with E-state index in [2.05, 4.69) is 0 Å². The third-order valence-corrected chi connectivity index (χ3v) is 4.87. The maximum Gasteiger partial charge on any atom is 0.269 e. The fraction of sp³-hybridized carbons (Fsp3) is 0.150. The summed E-state index contributed by atoms with van der Waals surface area (Å²) < 4.78 is 1.62. The molecule has 26 heavy (non-hydrogen) atoms. The minimum absolute atomic E-state index is 0.0583. The maximum atomic E-state index is 13.0. The molecular formula is C20H16N2O4. The molecule has 130 valence electrons. The molecule has 1 atom stereocenters. The van der Waals surface area contributed by atoms with Crippen molar-refractivity contribution in [2.24, 2.45) is 0 Å². The Morgan fingerprint density at radius 2 is 1.77 bits per heavy atom. The summed E-state index contributed by atoms with van der Waals surface area (Å²) in [5.74, 6) is -0.262. The van der Waals surface area contributed by atoms with Gasteiger partial charge in [0, 0.05) is 17.5 Å². The third kappa shape index (κ3) is 2.27. The van der Waals surface area contributed by atoms with Crippen LogP contribution in [0, 0.1) is 17.0 Å². The van der Waals surface area contributed by atoms with E-state index in [1.165, 1.54) is 24.3 Å². The number of aryl methyl sites for hydroxylation is 1. The number of aromatic nitrogens is 1. The van der Waals surface area contributed by atoms with Crippen LogP contribution in [0.3, 0.4) is 0 Å². The molecule has 6 heteroatoms. The van der Waals surface area contributed by atoms with Crippen LogP contribution in [0.4, 0.5) is 5.69 Å². The molecule has 6 nitrogen and oxygen atoms in total. The van der Waals surface area contributed by atoms with Crippen LogP contribution >= 0.6 is 0 Å². The van der Waals surface area contributed by atoms with Gasteiger partial charge in [-0.05, 0) is 55.3 Å². The number of aliphatic hydroxyl groups is 1. The Morgan fingerprint density at radius 3 is 2.42 bits per heavy atom. The van der Waals surface area contributed by atoms with Gasteiger partial charge in [0.05, 0.1) is 21.7 Å². The molecule has 0 aliphatic carbocycles. The van der Waals surface area contributed by atoms with Gasteiger partial charge in [-0.15, -0.1) is 0 Å². The fourth-order valence-corrected chi connectivity index (χ4v) is 3.52. The number of fused-ring (bicyclic) bond motifs is 3. The summed E-state index contributed by atoms with van der Waals surface area (Å²) in [7, 11) is 0. The molecule has 1 aromatic heterocycles. The van der Waals surface area contributed by atoms with E-state index in [0.717, 1.165) is 27.7 Å². The van der Waals surface area contributed by atoms with E-state index in [0.29, 0.717) is 11.1 Å². The monoisotopic (exact) mass is 348 g/mol. The standard InChI is InChI=1S/C20H16N2O4/c1-11-3-8-16-14(9-11)10-17-12(2)18(20(24)21(16)17)19(23)13-4-6-15(7-5-13)22(25)26/h3-10,19,23H,1-2H3. The lowest BCUT2D eigenvalue weighted by molar-refractivity contribution is -0.384. The molecule has 0 bridgehead atoms. The Balaban J connectivity index is 1.78. The van der Waals surface area contributed by atoms with Crippen LogP contribution in [-0.2, 0) is 0 Å². The molecule has 0 radical (unpaired) electrons. The van der Waals surface area contributed by atoms with Gasteiger partial charge in [-0.2, -0.15) is 0 Å². The van der Waals surface area contributed by atoms with E-state index in [1.807, 2.05) is 38.1 Å². The quantitative estimate of drug-likeness (QED) is 0.572. The molecule has 0 spiro atoms. The summed E-state index contributed by atoms with van der Waals surface area (Å²) in [6, 6.07) is 13.4. The SMILES string of the molecule is CC1=C(C(O)c2ccc([N+](=O)[O-])cc2)C(=O)n2c1cc1cc(C)ccc12. The molecule has 0 amide bonds. The minimum Gasteiger partial charge on any atom is -0.383 e. The Hall–Kier alpha value is -3.25. The second-order valence-corrected chi connectivity index (χ2v) is 6.52. The largest absolute Gasteiger partial charge is 0.383 e. The number of aliphatic hydroxyl groups excluding tert-OH is 1. The highest BCUT2D eigenvalue weighted by Crippen LogP contribution is 2.39. The molecule has 1 N–H and O–H groups in total. The first-order valence-electron chi connectivity index (χ1n) is 8.19. The Kier molecular flexibility index (Phi) is 3.52. The summed E-state index contributed by atoms with van der Waals surface area (Å²) in [6.45, 7) is 3.81. The van der Waals surface area contributed by atoms with Crippen LogP contribution in [0.5, 0.6) is 0 Å². The van der Waals surface area contributed by atoms with E-state index in [9.17, 15) is 20.0 Å². The second-order valence-electron chi connectivity index (χ2n) is 6.52. The molecule has 0 saturated heterocycles. The van der Waals surface area contributed by atoms with Gasteiger partial charge in [-0.1, -0.05) is 11.6 Å². The number of carbonyl (C=O) groups excluding carboxylic acids is 1. The lowest BCUT2D eigenvalue weighted by Gasteiger charge is -2.13. The van der Waals surface area contributed by atoms with Crippen LogP contribution < -0.4 is 0 Å². The van der Waals surface area contributed by atoms with Crippen molar-refractivity contribution in [2.75, 3.05) is 0 Å². The highest BCUT2D eigenvalue weighted by Gasteiger charge is 2.33. The average molecular weight is 348 g/mol. The summed E-state index contributed by atoms with van der Waals surface area (Å²) in [5.41, 5.74) is 4.10. The van der Waals surface area contributed by atoms with Gasteiger partial charge in [0.15, 0.2) is 0 Å². The van der Waals surface area contributed by atoms with E-state index in [-0.39, 0.29) is 11.6 Å². The molecule has 0 fully saturated rings. The van der Waals surface area contributed by atoms with E-state index in [4.69, 9.17) is 0 Å². The number of benzene rings is 2. The number of nitro benzene ring substituents is 1. The van der Waals surface area contributed by atoms with E-state index in [1.54, 1.807) is 4.57 Å². The van der Waals surface area contributed by atoms with Gasteiger partial charge in [0.1, 0.15) is 6.10 Å². The zero-order valence-electron chi connectivity index (χ0n) is 14.3. The van der Waals surface area contributed by atoms with Gasteiger partial charge < -0.3 is 5.11 Å².